The number of nitrogens with zero attached hydrogens (tertiary/aromatic N) is 3. The molecule has 0 atom stereocenters. The molecule has 0 aliphatic carbocycles. The number of amides is 1. The third-order valence-corrected chi connectivity index (χ3v) is 5.49. The summed E-state index contributed by atoms with van der Waals surface area (Å²) in [5.41, 5.74) is 0.433. The van der Waals surface area contributed by atoms with E-state index in [2.05, 4.69) is 10.4 Å². The number of nitrogens with one attached hydrogen (secondary N) is 1. The van der Waals surface area contributed by atoms with Gasteiger partial charge in [0.15, 0.2) is 11.5 Å². The lowest BCUT2D eigenvalue weighted by Gasteiger charge is -2.22. The van der Waals surface area contributed by atoms with Gasteiger partial charge in [0.1, 0.15) is 6.61 Å². The summed E-state index contributed by atoms with van der Waals surface area (Å²) < 4.78 is 12.2. The minimum Gasteiger partial charge on any atom is -0.493 e. The number of thioether (sulfide) groups is 1. The van der Waals surface area contributed by atoms with E-state index in [0.717, 1.165) is 12.2 Å². The molecule has 0 radical (unpaired) electrons. The zero-order chi connectivity index (χ0) is 19.9. The van der Waals surface area contributed by atoms with Gasteiger partial charge in [0.2, 0.25) is 5.91 Å². The van der Waals surface area contributed by atoms with Crippen molar-refractivity contribution in [3.63, 3.8) is 0 Å². The highest BCUT2D eigenvalue weighted by Crippen LogP contribution is 2.30. The van der Waals surface area contributed by atoms with E-state index in [0.29, 0.717) is 41.8 Å². The second-order valence-electron chi connectivity index (χ2n) is 6.21. The van der Waals surface area contributed by atoms with Gasteiger partial charge < -0.3 is 19.7 Å². The summed E-state index contributed by atoms with van der Waals surface area (Å²) in [7, 11) is 3.21. The summed E-state index contributed by atoms with van der Waals surface area (Å²) in [5, 5.41) is 7.17. The van der Waals surface area contributed by atoms with E-state index >= 15 is 0 Å². The molecule has 0 spiro atoms. The number of aryl methyl sites for hydroxylation is 1. The lowest BCUT2D eigenvalue weighted by Crippen LogP contribution is -2.40. The third-order valence-electron chi connectivity index (χ3n) is 4.32. The van der Waals surface area contributed by atoms with Crippen molar-refractivity contribution < 1.29 is 14.3 Å². The number of fused-ring (bicyclic) bond motifs is 1. The van der Waals surface area contributed by atoms with Crippen LogP contribution in [0.3, 0.4) is 0 Å². The zero-order valence-electron chi connectivity index (χ0n) is 16.0. The van der Waals surface area contributed by atoms with Crippen LogP contribution in [0.2, 0.25) is 0 Å². The summed E-state index contributed by atoms with van der Waals surface area (Å²) in [6, 6.07) is 7.42. The molecule has 2 aromatic rings. The van der Waals surface area contributed by atoms with Crippen LogP contribution in [0, 0.1) is 0 Å². The normalized spacial score (nSPS) is 13.6. The van der Waals surface area contributed by atoms with Crippen molar-refractivity contribution in [1.82, 2.24) is 15.1 Å². The number of para-hydroxylation sites is 2. The number of carbonyl (C=O) groups is 1. The van der Waals surface area contributed by atoms with Crippen LogP contribution in [0.1, 0.15) is 6.42 Å². The van der Waals surface area contributed by atoms with Gasteiger partial charge in [-0.05, 0) is 24.3 Å². The number of aromatic nitrogens is 2. The molecule has 1 amide bonds. The fourth-order valence-electron chi connectivity index (χ4n) is 2.88. The number of ether oxygens (including phenoxy) is 2. The number of rotatable bonds is 7. The molecule has 0 fully saturated rings. The number of hydrogen-bond acceptors (Lipinski definition) is 7. The number of methoxy groups -OCH3 is 1. The Morgan fingerprint density at radius 1 is 1.32 bits per heavy atom. The summed E-state index contributed by atoms with van der Waals surface area (Å²) in [4.78, 5) is 27.3. The molecule has 8 nitrogen and oxygen atoms in total. The highest BCUT2D eigenvalue weighted by atomic mass is 32.2. The van der Waals surface area contributed by atoms with Crippen molar-refractivity contribution in [3.8, 4) is 11.5 Å². The first-order valence-corrected chi connectivity index (χ1v) is 10.1. The van der Waals surface area contributed by atoms with E-state index in [1.165, 1.54) is 16.4 Å². The first-order chi connectivity index (χ1) is 13.6. The van der Waals surface area contributed by atoms with Crippen molar-refractivity contribution in [2.24, 2.45) is 7.05 Å². The fourth-order valence-corrected chi connectivity index (χ4v) is 3.92. The molecule has 3 rings (SSSR count). The van der Waals surface area contributed by atoms with Crippen LogP contribution in [-0.2, 0) is 11.8 Å². The van der Waals surface area contributed by atoms with E-state index < -0.39 is 0 Å². The quantitative estimate of drug-likeness (QED) is 0.696. The Morgan fingerprint density at radius 3 is 2.89 bits per heavy atom. The summed E-state index contributed by atoms with van der Waals surface area (Å²) in [6.45, 7) is 1.65. The number of carbonyl (C=O) groups excluding carboxylic acids is 1. The molecule has 1 aromatic carbocycles. The van der Waals surface area contributed by atoms with Gasteiger partial charge in [-0.15, -0.1) is 11.8 Å². The third kappa shape index (κ3) is 4.66. The van der Waals surface area contributed by atoms with Crippen LogP contribution in [0.25, 0.3) is 0 Å². The van der Waals surface area contributed by atoms with Crippen molar-refractivity contribution >= 4 is 23.4 Å². The second kappa shape index (κ2) is 9.61. The fraction of sp³-hybridized carbons (Fsp3) is 0.421. The van der Waals surface area contributed by atoms with Crippen LogP contribution in [0.4, 0.5) is 5.69 Å². The van der Waals surface area contributed by atoms with Crippen molar-refractivity contribution in [2.45, 2.75) is 11.3 Å². The molecule has 1 aromatic heterocycles. The highest BCUT2D eigenvalue weighted by Gasteiger charge is 2.24. The van der Waals surface area contributed by atoms with E-state index in [-0.39, 0.29) is 18.0 Å². The van der Waals surface area contributed by atoms with Crippen LogP contribution >= 0.6 is 11.8 Å². The van der Waals surface area contributed by atoms with E-state index in [1.54, 1.807) is 25.3 Å². The molecular formula is C19H24N4O4S. The SMILES string of the molecule is COc1ccccc1OCCNCC(=O)N1CCCSc2c1cnn(C)c2=O. The molecular weight excluding hydrogens is 380 g/mol. The van der Waals surface area contributed by atoms with Crippen molar-refractivity contribution in [2.75, 3.05) is 44.0 Å². The molecule has 0 saturated carbocycles. The number of benzene rings is 1. The van der Waals surface area contributed by atoms with Crippen LogP contribution in [0.5, 0.6) is 11.5 Å². The van der Waals surface area contributed by atoms with Gasteiger partial charge in [0.05, 0.1) is 30.4 Å². The number of hydrogen-bond donors (Lipinski definition) is 1. The van der Waals surface area contributed by atoms with Gasteiger partial charge in [-0.3, -0.25) is 9.59 Å². The van der Waals surface area contributed by atoms with Crippen LogP contribution < -0.4 is 25.2 Å². The Bertz CT molecular complexity index is 886. The Hall–Kier alpha value is -2.52. The Kier molecular flexibility index (Phi) is 6.94. The topological polar surface area (TPSA) is 85.7 Å². The Labute approximate surface area is 167 Å². The van der Waals surface area contributed by atoms with E-state index in [9.17, 15) is 9.59 Å². The van der Waals surface area contributed by atoms with Crippen molar-refractivity contribution in [3.05, 3.63) is 40.8 Å². The lowest BCUT2D eigenvalue weighted by molar-refractivity contribution is -0.117. The Morgan fingerprint density at radius 2 is 2.11 bits per heavy atom. The first kappa shape index (κ1) is 20.2. The predicted octanol–water partition coefficient (Wildman–Crippen LogP) is 1.29. The first-order valence-electron chi connectivity index (χ1n) is 9.08. The average Bonchev–Trinajstić information content (AvgIpc) is 2.93. The summed E-state index contributed by atoms with van der Waals surface area (Å²) in [6.07, 6.45) is 2.42. The molecule has 0 saturated heterocycles. The summed E-state index contributed by atoms with van der Waals surface area (Å²) in [5.74, 6) is 2.05. The maximum Gasteiger partial charge on any atom is 0.282 e. The lowest BCUT2D eigenvalue weighted by atomic mass is 10.3. The monoisotopic (exact) mass is 404 g/mol. The van der Waals surface area contributed by atoms with E-state index in [1.807, 2.05) is 24.3 Å². The van der Waals surface area contributed by atoms with Gasteiger partial charge in [-0.25, -0.2) is 4.68 Å². The van der Waals surface area contributed by atoms with Gasteiger partial charge >= 0.3 is 0 Å². The molecule has 1 aliphatic rings. The zero-order valence-corrected chi connectivity index (χ0v) is 16.8. The van der Waals surface area contributed by atoms with Crippen LogP contribution in [-0.4, -0.2) is 54.8 Å². The molecule has 28 heavy (non-hydrogen) atoms. The van der Waals surface area contributed by atoms with Crippen LogP contribution in [0.15, 0.2) is 40.2 Å². The molecule has 0 bridgehead atoms. The standard InChI is InChI=1S/C19H24N4O4S/c1-22-19(25)18-14(12-21-22)23(9-5-11-28-18)17(24)13-20-8-10-27-16-7-4-3-6-15(16)26-2/h3-4,6-7,12,20H,5,8-11,13H2,1-2H3. The van der Waals surface area contributed by atoms with E-state index in [4.69, 9.17) is 9.47 Å². The minimum absolute atomic E-state index is 0.0869. The second-order valence-corrected chi connectivity index (χ2v) is 7.32. The number of anilines is 1. The molecule has 150 valence electrons. The molecule has 2 heterocycles. The predicted molar refractivity (Wildman–Crippen MR) is 109 cm³/mol. The van der Waals surface area contributed by atoms with Gasteiger partial charge in [0.25, 0.3) is 5.56 Å². The maximum atomic E-state index is 12.7. The maximum absolute atomic E-state index is 12.7. The highest BCUT2D eigenvalue weighted by molar-refractivity contribution is 7.99. The average molecular weight is 404 g/mol. The smallest absolute Gasteiger partial charge is 0.282 e. The molecule has 1 aliphatic heterocycles. The molecule has 1 N–H and O–H groups in total. The molecule has 9 heteroatoms. The van der Waals surface area contributed by atoms with Gasteiger partial charge in [-0.1, -0.05) is 12.1 Å². The van der Waals surface area contributed by atoms with Gasteiger partial charge in [-0.2, -0.15) is 5.10 Å². The van der Waals surface area contributed by atoms with Crippen molar-refractivity contribution in [1.29, 1.82) is 0 Å². The minimum atomic E-state index is -0.166. The largest absolute Gasteiger partial charge is 0.493 e. The molecule has 0 unspecified atom stereocenters. The van der Waals surface area contributed by atoms with Gasteiger partial charge in [0, 0.05) is 20.1 Å². The Balaban J connectivity index is 1.54. The summed E-state index contributed by atoms with van der Waals surface area (Å²) >= 11 is 1.49.